The smallest absolute Gasteiger partial charge is 0.813 e. The molecule has 0 aromatic heterocycles. The van der Waals surface area contributed by atoms with Crippen LogP contribution in [-0.2, 0) is 46.2 Å². The molecule has 0 amide bonds. The van der Waals surface area contributed by atoms with Gasteiger partial charge in [-0.05, 0) is 11.8 Å². The van der Waals surface area contributed by atoms with Gasteiger partial charge in [0.25, 0.3) is 0 Å². The second-order valence-electron chi connectivity index (χ2n) is 5.72. The Bertz CT molecular complexity index is 320. The second kappa shape index (κ2) is 6.82. The zero-order valence-electron chi connectivity index (χ0n) is 11.3. The molecular weight excluding hydrogens is 301 g/mol. The van der Waals surface area contributed by atoms with Crippen molar-refractivity contribution < 1.29 is 32.7 Å². The van der Waals surface area contributed by atoms with Crippen molar-refractivity contribution in [2.45, 2.75) is 52.9 Å². The van der Waals surface area contributed by atoms with Crippen molar-refractivity contribution in [2.24, 2.45) is 5.41 Å². The predicted molar refractivity (Wildman–Crippen MR) is 75.0 cm³/mol. The summed E-state index contributed by atoms with van der Waals surface area (Å²) in [6, 6.07) is 0. The summed E-state index contributed by atoms with van der Waals surface area (Å²) < 4.78 is 0. The maximum atomic E-state index is 4.05. The summed E-state index contributed by atoms with van der Waals surface area (Å²) >= 11 is 0. The van der Waals surface area contributed by atoms with Crippen LogP contribution in [-0.4, -0.2) is 0 Å². The fraction of sp³-hybridized carbons (Fsp3) is 0.600. The van der Waals surface area contributed by atoms with Gasteiger partial charge < -0.3 is 20.4 Å². The summed E-state index contributed by atoms with van der Waals surface area (Å²) in [6.07, 6.45) is 8.46. The molecule has 0 saturated heterocycles. The van der Waals surface area contributed by atoms with Crippen LogP contribution in [0.1, 0.15) is 52.9 Å². The summed E-state index contributed by atoms with van der Waals surface area (Å²) in [5, 5.41) is 0. The number of hydrogen-bond acceptors (Lipinski definition) is 1. The van der Waals surface area contributed by atoms with Gasteiger partial charge in [0.1, 0.15) is 0 Å². The van der Waals surface area contributed by atoms with Crippen LogP contribution in [0, 0.1) is 18.3 Å². The Labute approximate surface area is 139 Å². The Morgan fingerprint density at radius 2 is 1.94 bits per heavy atom. The number of hydrogen-bond donors (Lipinski definition) is 0. The number of allylic oxidation sites excluding steroid dienone is 4. The molecule has 0 aromatic carbocycles. The predicted octanol–water partition coefficient (Wildman–Crippen LogP) is 4.37. The molecule has 0 spiro atoms. The Hall–Kier alpha value is 0.804. The van der Waals surface area contributed by atoms with Crippen molar-refractivity contribution in [3.05, 3.63) is 35.6 Å². The van der Waals surface area contributed by atoms with Crippen molar-refractivity contribution in [3.63, 3.8) is 0 Å². The van der Waals surface area contributed by atoms with Crippen LogP contribution in [0.25, 0.3) is 0 Å². The molecule has 0 radical (unpaired) electrons. The van der Waals surface area contributed by atoms with Crippen molar-refractivity contribution in [2.75, 3.05) is 0 Å². The van der Waals surface area contributed by atoms with Crippen LogP contribution >= 0.6 is 0 Å². The molecular formula is C15H23SY. The largest absolute Gasteiger partial charge is 3.00 e. The van der Waals surface area contributed by atoms with Gasteiger partial charge in [-0.3, -0.25) is 0 Å². The van der Waals surface area contributed by atoms with E-state index in [4.69, 9.17) is 0 Å². The SMILES string of the molecule is [CH2-]C[C-]1CCC2=C(C(C)(C)C)CCC=C21.[SH-].[Y+3]. The first-order chi connectivity index (χ1) is 7.04. The van der Waals surface area contributed by atoms with E-state index in [9.17, 15) is 0 Å². The third-order valence-corrected chi connectivity index (χ3v) is 3.70. The summed E-state index contributed by atoms with van der Waals surface area (Å²) in [5.74, 6) is 1.59. The molecule has 2 rings (SSSR count). The van der Waals surface area contributed by atoms with Gasteiger partial charge in [0, 0.05) is 0 Å². The summed E-state index contributed by atoms with van der Waals surface area (Å²) in [6.45, 7) is 11.1. The summed E-state index contributed by atoms with van der Waals surface area (Å²) in [4.78, 5) is 0. The molecule has 1 fully saturated rings. The van der Waals surface area contributed by atoms with Crippen LogP contribution in [0.15, 0.2) is 22.8 Å². The number of rotatable bonds is 1. The monoisotopic (exact) mass is 324 g/mol. The molecule has 0 unspecified atom stereocenters. The topological polar surface area (TPSA) is 0 Å². The Morgan fingerprint density at radius 1 is 1.29 bits per heavy atom. The summed E-state index contributed by atoms with van der Waals surface area (Å²) in [7, 11) is 0. The van der Waals surface area contributed by atoms with E-state index in [2.05, 4.69) is 33.8 Å². The van der Waals surface area contributed by atoms with E-state index in [1.807, 2.05) is 0 Å². The van der Waals surface area contributed by atoms with Gasteiger partial charge in [-0.2, -0.15) is 17.6 Å². The minimum absolute atomic E-state index is 0. The van der Waals surface area contributed by atoms with E-state index < -0.39 is 0 Å². The molecule has 0 aliphatic heterocycles. The number of fused-ring (bicyclic) bond motifs is 1. The van der Waals surface area contributed by atoms with E-state index in [-0.39, 0.29) is 46.2 Å². The molecule has 2 heteroatoms. The molecule has 0 heterocycles. The molecule has 0 atom stereocenters. The van der Waals surface area contributed by atoms with E-state index in [1.165, 1.54) is 25.7 Å². The van der Waals surface area contributed by atoms with Gasteiger partial charge >= 0.3 is 32.7 Å². The third-order valence-electron chi connectivity index (χ3n) is 3.70. The normalized spacial score (nSPS) is 19.3. The zero-order chi connectivity index (χ0) is 11.1. The quantitative estimate of drug-likeness (QED) is 0.392. The van der Waals surface area contributed by atoms with Gasteiger partial charge in [-0.15, -0.1) is 11.1 Å². The molecule has 0 N–H and O–H groups in total. The molecule has 17 heavy (non-hydrogen) atoms. The van der Waals surface area contributed by atoms with Gasteiger partial charge in [-0.1, -0.05) is 40.0 Å². The Kier molecular flexibility index (Phi) is 7.14. The van der Waals surface area contributed by atoms with Crippen LogP contribution in [0.2, 0.25) is 0 Å². The van der Waals surface area contributed by atoms with E-state index in [1.54, 1.807) is 22.6 Å². The molecule has 0 bridgehead atoms. The first kappa shape index (κ1) is 17.8. The van der Waals surface area contributed by atoms with Gasteiger partial charge in [0.05, 0.1) is 0 Å². The molecule has 2 aliphatic carbocycles. The maximum Gasteiger partial charge on any atom is 3.00 e. The number of thiol groups is 1. The van der Waals surface area contributed by atoms with E-state index >= 15 is 0 Å². The second-order valence-corrected chi connectivity index (χ2v) is 5.72. The van der Waals surface area contributed by atoms with Crippen LogP contribution in [0.5, 0.6) is 0 Å². The van der Waals surface area contributed by atoms with Gasteiger partial charge in [0.15, 0.2) is 0 Å². The minimum Gasteiger partial charge on any atom is -0.813 e. The molecule has 0 nitrogen and oxygen atoms in total. The van der Waals surface area contributed by atoms with Crippen LogP contribution in [0.3, 0.4) is 0 Å². The minimum atomic E-state index is 0. The molecule has 92 valence electrons. The fourth-order valence-electron chi connectivity index (χ4n) is 2.94. The van der Waals surface area contributed by atoms with Crippen molar-refractivity contribution >= 4 is 13.5 Å². The average Bonchev–Trinajstić information content (AvgIpc) is 2.58. The van der Waals surface area contributed by atoms with Crippen molar-refractivity contribution in [3.8, 4) is 0 Å². The zero-order valence-corrected chi connectivity index (χ0v) is 15.1. The first-order valence-electron chi connectivity index (χ1n) is 6.11. The molecule has 2 aliphatic rings. The molecule has 0 aromatic rings. The first-order valence-corrected chi connectivity index (χ1v) is 6.11. The van der Waals surface area contributed by atoms with Gasteiger partial charge in [-0.25, -0.2) is 6.42 Å². The maximum absolute atomic E-state index is 4.05. The average molecular weight is 324 g/mol. The van der Waals surface area contributed by atoms with Crippen molar-refractivity contribution in [1.82, 2.24) is 0 Å². The van der Waals surface area contributed by atoms with Gasteiger partial charge in [0.2, 0.25) is 0 Å². The van der Waals surface area contributed by atoms with Crippen LogP contribution < -0.4 is 0 Å². The Balaban J connectivity index is 0.00000128. The van der Waals surface area contributed by atoms with E-state index in [0.29, 0.717) is 5.41 Å². The van der Waals surface area contributed by atoms with E-state index in [0.717, 1.165) is 6.42 Å². The molecule has 1 saturated carbocycles. The summed E-state index contributed by atoms with van der Waals surface area (Å²) in [5.41, 5.74) is 5.28. The third kappa shape index (κ3) is 3.64. The fourth-order valence-corrected chi connectivity index (χ4v) is 2.94. The van der Waals surface area contributed by atoms with Crippen LogP contribution in [0.4, 0.5) is 0 Å². The van der Waals surface area contributed by atoms with Crippen molar-refractivity contribution in [1.29, 1.82) is 0 Å². The Morgan fingerprint density at radius 3 is 2.47 bits per heavy atom. The standard InChI is InChI=1S/C15H22.H2S.Y/c1-5-11-9-10-13-12(11)7-6-8-14(13)15(2,3)4;;/h7H,1,5-6,8-10H2,2-4H3;1H2;/q-2;;+3/p-1.